The van der Waals surface area contributed by atoms with Gasteiger partial charge in [-0.3, -0.25) is 14.9 Å². The van der Waals surface area contributed by atoms with E-state index in [0.717, 1.165) is 12.1 Å². The minimum absolute atomic E-state index is 0.0818. The Morgan fingerprint density at radius 1 is 1.43 bits per heavy atom. The van der Waals surface area contributed by atoms with E-state index in [-0.39, 0.29) is 11.9 Å². The average Bonchev–Trinajstić information content (AvgIpc) is 2.99. The summed E-state index contributed by atoms with van der Waals surface area (Å²) in [6.07, 6.45) is 3.96. The van der Waals surface area contributed by atoms with E-state index < -0.39 is 5.91 Å². The van der Waals surface area contributed by atoms with E-state index in [1.54, 1.807) is 36.4 Å². The Hall–Kier alpha value is -3.32. The van der Waals surface area contributed by atoms with Crippen LogP contribution in [0, 0.1) is 0 Å². The van der Waals surface area contributed by atoms with Crippen LogP contribution in [-0.2, 0) is 13.5 Å². The smallest absolute Gasteiger partial charge is 0.258 e. The topological polar surface area (TPSA) is 102 Å². The molecule has 1 aliphatic rings. The summed E-state index contributed by atoms with van der Waals surface area (Å²) in [5, 5.41) is 5.80. The van der Waals surface area contributed by atoms with Gasteiger partial charge in [0.05, 0.1) is 17.0 Å². The summed E-state index contributed by atoms with van der Waals surface area (Å²) in [6, 6.07) is 8.27. The molecule has 0 unspecified atom stereocenters. The third kappa shape index (κ3) is 3.99. The molecule has 0 spiro atoms. The number of allylic oxidation sites excluding steroid dienone is 2. The van der Waals surface area contributed by atoms with Gasteiger partial charge in [0.1, 0.15) is 0 Å². The Bertz CT molecular complexity index is 1020. The van der Waals surface area contributed by atoms with E-state index >= 15 is 0 Å². The van der Waals surface area contributed by atoms with Gasteiger partial charge in [-0.2, -0.15) is 0 Å². The minimum atomic E-state index is -0.424. The Morgan fingerprint density at radius 3 is 2.89 bits per heavy atom. The number of benzene rings is 1. The first-order valence-electron chi connectivity index (χ1n) is 8.61. The zero-order valence-corrected chi connectivity index (χ0v) is 16.1. The number of aliphatic imine (C=N–C) groups is 1. The van der Waals surface area contributed by atoms with Crippen LogP contribution in [0.1, 0.15) is 32.1 Å². The van der Waals surface area contributed by atoms with Gasteiger partial charge in [-0.25, -0.2) is 4.99 Å². The highest BCUT2D eigenvalue weighted by Gasteiger charge is 2.23. The summed E-state index contributed by atoms with van der Waals surface area (Å²) in [7, 11) is 1.86. The fourth-order valence-electron chi connectivity index (χ4n) is 3.04. The van der Waals surface area contributed by atoms with Crippen LogP contribution in [0.3, 0.4) is 0 Å². The molecule has 0 saturated heterocycles. The lowest BCUT2D eigenvalue weighted by Gasteiger charge is -2.14. The van der Waals surface area contributed by atoms with E-state index in [4.69, 9.17) is 17.3 Å². The second-order valence-electron chi connectivity index (χ2n) is 6.20. The van der Waals surface area contributed by atoms with Gasteiger partial charge in [-0.1, -0.05) is 30.3 Å². The Balaban J connectivity index is 1.89. The van der Waals surface area contributed by atoms with Crippen molar-refractivity contribution in [3.8, 4) is 0 Å². The molecule has 0 fully saturated rings. The Morgan fingerprint density at radius 2 is 2.21 bits per heavy atom. The van der Waals surface area contributed by atoms with Gasteiger partial charge in [-0.05, 0) is 30.3 Å². The summed E-state index contributed by atoms with van der Waals surface area (Å²) < 4.78 is 1.90. The van der Waals surface area contributed by atoms with Gasteiger partial charge in [0.25, 0.3) is 11.8 Å². The van der Waals surface area contributed by atoms with Crippen LogP contribution in [0.15, 0.2) is 54.1 Å². The van der Waals surface area contributed by atoms with Gasteiger partial charge in [0.15, 0.2) is 0 Å². The van der Waals surface area contributed by atoms with Crippen LogP contribution in [-0.4, -0.2) is 28.9 Å². The van der Waals surface area contributed by atoms with Gasteiger partial charge >= 0.3 is 0 Å². The van der Waals surface area contributed by atoms with Crippen LogP contribution in [0.2, 0.25) is 5.02 Å². The summed E-state index contributed by atoms with van der Waals surface area (Å²) in [5.74, 6) is -0.624. The van der Waals surface area contributed by atoms with E-state index in [9.17, 15) is 9.59 Å². The normalized spacial score (nSPS) is 14.3. The third-order valence-electron chi connectivity index (χ3n) is 4.36. The molecule has 1 aliphatic heterocycles. The van der Waals surface area contributed by atoms with Crippen molar-refractivity contribution in [3.05, 3.63) is 76.6 Å². The Labute approximate surface area is 167 Å². The lowest BCUT2D eigenvalue weighted by atomic mass is 10.1. The van der Waals surface area contributed by atoms with Crippen molar-refractivity contribution < 1.29 is 9.59 Å². The first kappa shape index (κ1) is 19.4. The number of halogens is 1. The second kappa shape index (κ2) is 8.14. The van der Waals surface area contributed by atoms with Crippen LogP contribution in [0.25, 0.3) is 5.70 Å². The van der Waals surface area contributed by atoms with Gasteiger partial charge < -0.3 is 15.6 Å². The Kier molecular flexibility index (Phi) is 5.65. The number of amides is 2. The number of fused-ring (bicyclic) bond motifs is 1. The zero-order chi connectivity index (χ0) is 20.3. The van der Waals surface area contributed by atoms with Crippen LogP contribution < -0.4 is 16.4 Å². The molecule has 0 aliphatic carbocycles. The highest BCUT2D eigenvalue weighted by atomic mass is 35.5. The molecular formula is C20H20ClN5O2. The number of nitrogens with two attached hydrogens (primary N) is 1. The quantitative estimate of drug-likeness (QED) is 0.419. The van der Waals surface area contributed by atoms with E-state index in [1.807, 2.05) is 11.6 Å². The summed E-state index contributed by atoms with van der Waals surface area (Å²) in [5.41, 5.74) is 9.01. The molecule has 0 bridgehead atoms. The van der Waals surface area contributed by atoms with Gasteiger partial charge in [0, 0.05) is 36.3 Å². The van der Waals surface area contributed by atoms with Crippen molar-refractivity contribution in [2.24, 2.45) is 17.8 Å². The fourth-order valence-corrected chi connectivity index (χ4v) is 3.24. The summed E-state index contributed by atoms with van der Waals surface area (Å²) in [6.45, 7) is 4.29. The fraction of sp³-hybridized carbons (Fsp3) is 0.150. The molecule has 0 saturated carbocycles. The largest absolute Gasteiger partial charge is 0.369 e. The summed E-state index contributed by atoms with van der Waals surface area (Å²) >= 11 is 5.91. The maximum Gasteiger partial charge on any atom is 0.258 e. The average molecular weight is 398 g/mol. The molecule has 1 aromatic carbocycles. The zero-order valence-electron chi connectivity index (χ0n) is 15.3. The predicted molar refractivity (Wildman–Crippen MR) is 110 cm³/mol. The first-order valence-corrected chi connectivity index (χ1v) is 8.99. The van der Waals surface area contributed by atoms with Crippen molar-refractivity contribution in [1.82, 2.24) is 15.2 Å². The number of hydrogen-bond acceptors (Lipinski definition) is 3. The SMILES string of the molecule is C=C/C=C(\N=C(N)NC(=O)c1cccc(Cl)c1)c1cc2c(n1C)CCNC2=O. The molecule has 1 aromatic heterocycles. The van der Waals surface area contributed by atoms with E-state index in [0.29, 0.717) is 34.1 Å². The molecule has 7 nitrogen and oxygen atoms in total. The van der Waals surface area contributed by atoms with Gasteiger partial charge in [-0.15, -0.1) is 0 Å². The lowest BCUT2D eigenvalue weighted by molar-refractivity contribution is 0.0943. The molecule has 0 atom stereocenters. The third-order valence-corrected chi connectivity index (χ3v) is 4.59. The van der Waals surface area contributed by atoms with Crippen LogP contribution >= 0.6 is 11.6 Å². The predicted octanol–water partition coefficient (Wildman–Crippen LogP) is 2.24. The highest BCUT2D eigenvalue weighted by Crippen LogP contribution is 2.25. The molecule has 3 rings (SSSR count). The van der Waals surface area contributed by atoms with Crippen molar-refractivity contribution in [1.29, 1.82) is 0 Å². The van der Waals surface area contributed by atoms with Crippen molar-refractivity contribution in [3.63, 3.8) is 0 Å². The minimum Gasteiger partial charge on any atom is -0.369 e. The summed E-state index contributed by atoms with van der Waals surface area (Å²) in [4.78, 5) is 28.7. The number of rotatable bonds is 4. The number of aromatic nitrogens is 1. The molecule has 28 heavy (non-hydrogen) atoms. The van der Waals surface area contributed by atoms with Crippen molar-refractivity contribution in [2.45, 2.75) is 6.42 Å². The number of nitrogens with zero attached hydrogens (tertiary/aromatic N) is 2. The second-order valence-corrected chi connectivity index (χ2v) is 6.64. The maximum atomic E-state index is 12.3. The number of carbonyl (C=O) groups excluding carboxylic acids is 2. The van der Waals surface area contributed by atoms with Gasteiger partial charge in [0.2, 0.25) is 5.96 Å². The van der Waals surface area contributed by atoms with E-state index in [1.165, 1.54) is 6.07 Å². The highest BCUT2D eigenvalue weighted by molar-refractivity contribution is 6.31. The number of nitrogens with one attached hydrogen (secondary N) is 2. The van der Waals surface area contributed by atoms with E-state index in [2.05, 4.69) is 22.2 Å². The maximum absolute atomic E-state index is 12.3. The van der Waals surface area contributed by atoms with Crippen molar-refractivity contribution >= 4 is 35.1 Å². The first-order chi connectivity index (χ1) is 13.4. The number of carbonyl (C=O) groups is 2. The number of hydrogen-bond donors (Lipinski definition) is 3. The van der Waals surface area contributed by atoms with Crippen LogP contribution in [0.4, 0.5) is 0 Å². The molecule has 2 heterocycles. The molecule has 0 radical (unpaired) electrons. The molecule has 2 aromatic rings. The molecule has 2 amide bonds. The lowest BCUT2D eigenvalue weighted by Crippen LogP contribution is -2.36. The number of guanidine groups is 1. The molecule has 144 valence electrons. The molecular weight excluding hydrogens is 378 g/mol. The van der Waals surface area contributed by atoms with Crippen molar-refractivity contribution in [2.75, 3.05) is 6.54 Å². The molecule has 4 N–H and O–H groups in total. The molecule has 8 heteroatoms. The standard InChI is InChI=1S/C20H20ClN5O2/c1-3-5-15(17-11-14-16(26(17)2)8-9-23-19(14)28)24-20(22)25-18(27)12-6-4-7-13(21)10-12/h3-7,10-11H,1,8-9H2,2H3,(H,23,28)(H3,22,24,25,27)/b15-5-. The van der Waals surface area contributed by atoms with Crippen LogP contribution in [0.5, 0.6) is 0 Å². The monoisotopic (exact) mass is 397 g/mol.